The largest absolute Gasteiger partial charge is 0.497 e. The first-order valence-corrected chi connectivity index (χ1v) is 8.87. The van der Waals surface area contributed by atoms with Crippen LogP contribution < -0.4 is 15.2 Å². The fourth-order valence-electron chi connectivity index (χ4n) is 2.71. The van der Waals surface area contributed by atoms with Crippen LogP contribution in [-0.4, -0.2) is 41.3 Å². The molecule has 1 aromatic carbocycles. The molecule has 0 atom stereocenters. The molecule has 1 fully saturated rings. The van der Waals surface area contributed by atoms with Gasteiger partial charge in [0, 0.05) is 36.4 Å². The highest BCUT2D eigenvalue weighted by Crippen LogP contribution is 2.19. The molecule has 3 rings (SSSR count). The van der Waals surface area contributed by atoms with E-state index in [4.69, 9.17) is 4.74 Å². The number of benzene rings is 1. The van der Waals surface area contributed by atoms with Gasteiger partial charge in [0.2, 0.25) is 5.95 Å². The van der Waals surface area contributed by atoms with E-state index in [1.807, 2.05) is 43.0 Å². The van der Waals surface area contributed by atoms with Crippen molar-refractivity contribution in [3.05, 3.63) is 51.9 Å². The molecule has 0 unspecified atom stereocenters. The van der Waals surface area contributed by atoms with E-state index >= 15 is 0 Å². The molecule has 0 amide bonds. The van der Waals surface area contributed by atoms with Crippen molar-refractivity contribution in [2.45, 2.75) is 13.5 Å². The lowest BCUT2D eigenvalue weighted by Gasteiger charge is -2.29. The van der Waals surface area contributed by atoms with Gasteiger partial charge in [0.05, 0.1) is 13.7 Å². The zero-order chi connectivity index (χ0) is 16.2. The van der Waals surface area contributed by atoms with E-state index in [9.17, 15) is 4.79 Å². The van der Waals surface area contributed by atoms with Gasteiger partial charge in [-0.15, -0.1) is 0 Å². The monoisotopic (exact) mass is 331 g/mol. The van der Waals surface area contributed by atoms with E-state index in [0.717, 1.165) is 47.6 Å². The molecular weight excluding hydrogens is 310 g/mol. The maximum atomic E-state index is 12.5. The Morgan fingerprint density at radius 2 is 2.04 bits per heavy atom. The molecule has 1 aliphatic heterocycles. The molecule has 1 saturated heterocycles. The number of hydrogen-bond acceptors (Lipinski definition) is 5. The van der Waals surface area contributed by atoms with Gasteiger partial charge in [-0.05, 0) is 24.6 Å². The topological polar surface area (TPSA) is 47.4 Å². The highest BCUT2D eigenvalue weighted by atomic mass is 32.2. The molecular formula is C17H21N3O2S. The summed E-state index contributed by atoms with van der Waals surface area (Å²) in [7, 11) is 1.65. The minimum absolute atomic E-state index is 0.00598. The highest BCUT2D eigenvalue weighted by molar-refractivity contribution is 7.99. The molecule has 0 aliphatic carbocycles. The Labute approximate surface area is 140 Å². The van der Waals surface area contributed by atoms with E-state index in [0.29, 0.717) is 6.54 Å². The third-order valence-electron chi connectivity index (χ3n) is 3.88. The minimum atomic E-state index is -0.00598. The lowest BCUT2D eigenvalue weighted by molar-refractivity contribution is 0.414. The molecule has 1 aliphatic rings. The van der Waals surface area contributed by atoms with Crippen LogP contribution in [-0.2, 0) is 6.54 Å². The van der Waals surface area contributed by atoms with Crippen LogP contribution in [0.3, 0.4) is 0 Å². The van der Waals surface area contributed by atoms with Crippen molar-refractivity contribution >= 4 is 17.7 Å². The van der Waals surface area contributed by atoms with Gasteiger partial charge in [0.15, 0.2) is 0 Å². The fraction of sp³-hybridized carbons (Fsp3) is 0.412. The Kier molecular flexibility index (Phi) is 4.91. The third-order valence-corrected chi connectivity index (χ3v) is 4.83. The quantitative estimate of drug-likeness (QED) is 0.859. The number of thioether (sulfide) groups is 1. The summed E-state index contributed by atoms with van der Waals surface area (Å²) in [4.78, 5) is 19.4. The average molecular weight is 331 g/mol. The van der Waals surface area contributed by atoms with E-state index in [1.165, 1.54) is 0 Å². The molecule has 2 aromatic rings. The SMILES string of the molecule is COc1cccc(Cn2c(N3CCSCC3)nc(C)cc2=O)c1. The average Bonchev–Trinajstić information content (AvgIpc) is 2.58. The number of hydrogen-bond donors (Lipinski definition) is 0. The standard InChI is InChI=1S/C17H21N3O2S/c1-13-10-16(21)20(12-14-4-3-5-15(11-14)22-2)17(18-13)19-6-8-23-9-7-19/h3-5,10-11H,6-9,12H2,1-2H3. The Balaban J connectivity index is 1.98. The van der Waals surface area contributed by atoms with Crippen molar-refractivity contribution in [2.75, 3.05) is 36.6 Å². The molecule has 6 heteroatoms. The first-order valence-electron chi connectivity index (χ1n) is 7.71. The van der Waals surface area contributed by atoms with Crippen LogP contribution in [0.15, 0.2) is 35.1 Å². The third kappa shape index (κ3) is 3.69. The number of aryl methyl sites for hydroxylation is 1. The number of ether oxygens (including phenoxy) is 1. The first-order chi connectivity index (χ1) is 11.2. The zero-order valence-electron chi connectivity index (χ0n) is 13.5. The van der Waals surface area contributed by atoms with Crippen LogP contribution >= 0.6 is 11.8 Å². The smallest absolute Gasteiger partial charge is 0.255 e. The summed E-state index contributed by atoms with van der Waals surface area (Å²) >= 11 is 1.94. The number of rotatable bonds is 4. The molecule has 2 heterocycles. The van der Waals surface area contributed by atoms with Gasteiger partial charge < -0.3 is 9.64 Å². The van der Waals surface area contributed by atoms with Crippen molar-refractivity contribution in [2.24, 2.45) is 0 Å². The fourth-order valence-corrected chi connectivity index (χ4v) is 3.62. The molecule has 5 nitrogen and oxygen atoms in total. The maximum absolute atomic E-state index is 12.5. The van der Waals surface area contributed by atoms with Gasteiger partial charge in [0.25, 0.3) is 5.56 Å². The summed E-state index contributed by atoms with van der Waals surface area (Å²) < 4.78 is 7.03. The van der Waals surface area contributed by atoms with Crippen LogP contribution in [0.4, 0.5) is 5.95 Å². The zero-order valence-corrected chi connectivity index (χ0v) is 14.3. The second-order valence-electron chi connectivity index (χ2n) is 5.57. The lowest BCUT2D eigenvalue weighted by Crippen LogP contribution is -2.38. The van der Waals surface area contributed by atoms with Crippen LogP contribution in [0.2, 0.25) is 0 Å². The molecule has 0 bridgehead atoms. The molecule has 1 aromatic heterocycles. The molecule has 122 valence electrons. The minimum Gasteiger partial charge on any atom is -0.497 e. The maximum Gasteiger partial charge on any atom is 0.255 e. The summed E-state index contributed by atoms with van der Waals surface area (Å²) in [5, 5.41) is 0. The van der Waals surface area contributed by atoms with Gasteiger partial charge >= 0.3 is 0 Å². The summed E-state index contributed by atoms with van der Waals surface area (Å²) in [6, 6.07) is 9.41. The molecule has 0 N–H and O–H groups in total. The van der Waals surface area contributed by atoms with Crippen molar-refractivity contribution in [3.8, 4) is 5.75 Å². The Morgan fingerprint density at radius 1 is 1.26 bits per heavy atom. The Hall–Kier alpha value is -1.95. The predicted molar refractivity (Wildman–Crippen MR) is 94.9 cm³/mol. The Morgan fingerprint density at radius 3 is 2.78 bits per heavy atom. The van der Waals surface area contributed by atoms with Gasteiger partial charge in [-0.25, -0.2) is 4.98 Å². The van der Waals surface area contributed by atoms with Crippen molar-refractivity contribution in [3.63, 3.8) is 0 Å². The van der Waals surface area contributed by atoms with Crippen LogP contribution in [0, 0.1) is 6.92 Å². The van der Waals surface area contributed by atoms with Gasteiger partial charge in [-0.1, -0.05) is 12.1 Å². The normalized spacial score (nSPS) is 14.8. The van der Waals surface area contributed by atoms with Gasteiger partial charge in [-0.2, -0.15) is 11.8 Å². The number of methoxy groups -OCH3 is 1. The predicted octanol–water partition coefficient (Wildman–Crippen LogP) is 2.16. The Bertz CT molecular complexity index is 739. The van der Waals surface area contributed by atoms with E-state index in [2.05, 4.69) is 9.88 Å². The van der Waals surface area contributed by atoms with Crippen LogP contribution in [0.1, 0.15) is 11.3 Å². The highest BCUT2D eigenvalue weighted by Gasteiger charge is 2.18. The van der Waals surface area contributed by atoms with Crippen LogP contribution in [0.5, 0.6) is 5.75 Å². The van der Waals surface area contributed by atoms with Gasteiger partial charge in [0.1, 0.15) is 5.75 Å². The van der Waals surface area contributed by atoms with Gasteiger partial charge in [-0.3, -0.25) is 9.36 Å². The lowest BCUT2D eigenvalue weighted by atomic mass is 10.2. The number of nitrogens with zero attached hydrogens (tertiary/aromatic N) is 3. The van der Waals surface area contributed by atoms with Crippen molar-refractivity contribution < 1.29 is 4.74 Å². The molecule has 23 heavy (non-hydrogen) atoms. The van der Waals surface area contributed by atoms with E-state index < -0.39 is 0 Å². The summed E-state index contributed by atoms with van der Waals surface area (Å²) in [5.74, 6) is 3.72. The van der Waals surface area contributed by atoms with Crippen molar-refractivity contribution in [1.29, 1.82) is 0 Å². The van der Waals surface area contributed by atoms with E-state index in [1.54, 1.807) is 17.7 Å². The summed E-state index contributed by atoms with van der Waals surface area (Å²) in [6.45, 7) is 4.24. The number of aromatic nitrogens is 2. The molecule has 0 spiro atoms. The molecule has 0 saturated carbocycles. The summed E-state index contributed by atoms with van der Waals surface area (Å²) in [6.07, 6.45) is 0. The second kappa shape index (κ2) is 7.08. The first kappa shape index (κ1) is 15.9. The van der Waals surface area contributed by atoms with Crippen LogP contribution in [0.25, 0.3) is 0 Å². The van der Waals surface area contributed by atoms with Crippen molar-refractivity contribution in [1.82, 2.24) is 9.55 Å². The summed E-state index contributed by atoms with van der Waals surface area (Å²) in [5.41, 5.74) is 1.79. The number of anilines is 1. The second-order valence-corrected chi connectivity index (χ2v) is 6.80. The molecule has 0 radical (unpaired) electrons. The van der Waals surface area contributed by atoms with E-state index in [-0.39, 0.29) is 5.56 Å².